The number of nitrogens with two attached hydrogens (primary N) is 1. The molecule has 190 valence electrons. The van der Waals surface area contributed by atoms with Crippen LogP contribution in [-0.2, 0) is 21.4 Å². The van der Waals surface area contributed by atoms with Gasteiger partial charge in [-0.3, -0.25) is 19.0 Å². The molecule has 0 saturated heterocycles. The molecule has 3 aromatic carbocycles. The fourth-order valence-electron chi connectivity index (χ4n) is 4.81. The van der Waals surface area contributed by atoms with E-state index in [-0.39, 0.29) is 22.9 Å². The smallest absolute Gasteiger partial charge is 0.263 e. The summed E-state index contributed by atoms with van der Waals surface area (Å²) >= 11 is 0. The summed E-state index contributed by atoms with van der Waals surface area (Å²) in [6, 6.07) is 20.7. The van der Waals surface area contributed by atoms with Gasteiger partial charge in [0.1, 0.15) is 5.75 Å². The van der Waals surface area contributed by atoms with Gasteiger partial charge in [0.2, 0.25) is 10.0 Å². The Kier molecular flexibility index (Phi) is 5.51. The van der Waals surface area contributed by atoms with E-state index in [1.165, 1.54) is 12.1 Å². The number of rotatable bonds is 6. The van der Waals surface area contributed by atoms with Crippen molar-refractivity contribution in [2.75, 3.05) is 0 Å². The van der Waals surface area contributed by atoms with Crippen molar-refractivity contribution >= 4 is 54.0 Å². The van der Waals surface area contributed by atoms with Crippen molar-refractivity contribution in [3.05, 3.63) is 94.9 Å². The number of sulfonamides is 1. The third kappa shape index (κ3) is 3.90. The Hall–Kier alpha value is -4.54. The first-order valence-electron chi connectivity index (χ1n) is 11.9. The van der Waals surface area contributed by atoms with Crippen molar-refractivity contribution in [3.63, 3.8) is 0 Å². The average Bonchev–Trinajstić information content (AvgIpc) is 3.25. The van der Waals surface area contributed by atoms with Crippen LogP contribution in [-0.4, -0.2) is 29.8 Å². The number of benzene rings is 3. The Balaban J connectivity index is 1.28. The van der Waals surface area contributed by atoms with E-state index in [2.05, 4.69) is 10.3 Å². The molecule has 0 bridgehead atoms. The molecule has 0 aliphatic rings. The molecule has 9 nitrogen and oxygen atoms in total. The number of fused-ring (bicyclic) bond motifs is 5. The van der Waals surface area contributed by atoms with E-state index in [4.69, 9.17) is 9.88 Å². The van der Waals surface area contributed by atoms with Crippen LogP contribution in [0.15, 0.2) is 88.7 Å². The monoisotopic (exact) mass is 526 g/mol. The molecule has 0 radical (unpaired) electrons. The van der Waals surface area contributed by atoms with Gasteiger partial charge in [-0.2, -0.15) is 0 Å². The van der Waals surface area contributed by atoms with Crippen LogP contribution in [0, 0.1) is 0 Å². The minimum absolute atomic E-state index is 0.00451. The first-order valence-corrected chi connectivity index (χ1v) is 13.4. The van der Waals surface area contributed by atoms with Crippen LogP contribution in [0.25, 0.3) is 38.1 Å². The van der Waals surface area contributed by atoms with Crippen molar-refractivity contribution in [1.82, 2.24) is 14.7 Å². The highest BCUT2D eigenvalue weighted by atomic mass is 32.2. The van der Waals surface area contributed by atoms with Gasteiger partial charge in [0.15, 0.2) is 6.10 Å². The first-order chi connectivity index (χ1) is 18.2. The maximum atomic E-state index is 13.4. The van der Waals surface area contributed by atoms with Gasteiger partial charge in [-0.1, -0.05) is 30.3 Å². The number of carbonyl (C=O) groups excluding carboxylic acids is 1. The van der Waals surface area contributed by atoms with Crippen molar-refractivity contribution in [2.45, 2.75) is 24.5 Å². The molecular formula is C28H22N4O5S. The van der Waals surface area contributed by atoms with Gasteiger partial charge in [-0.15, -0.1) is 0 Å². The number of hydrogen-bond donors (Lipinski definition) is 2. The van der Waals surface area contributed by atoms with E-state index < -0.39 is 16.1 Å². The zero-order chi connectivity index (χ0) is 26.6. The molecule has 1 atom stereocenters. The summed E-state index contributed by atoms with van der Waals surface area (Å²) in [5, 5.41) is 11.0. The lowest BCUT2D eigenvalue weighted by Crippen LogP contribution is -2.35. The second-order valence-corrected chi connectivity index (χ2v) is 10.6. The van der Waals surface area contributed by atoms with Gasteiger partial charge in [-0.05, 0) is 55.0 Å². The number of aromatic nitrogens is 2. The largest absolute Gasteiger partial charge is 0.481 e. The minimum atomic E-state index is -3.78. The summed E-state index contributed by atoms with van der Waals surface area (Å²) < 4.78 is 30.4. The summed E-state index contributed by atoms with van der Waals surface area (Å²) in [5.41, 5.74) is 2.84. The summed E-state index contributed by atoms with van der Waals surface area (Å²) in [7, 11) is -3.78. The maximum Gasteiger partial charge on any atom is 0.263 e. The summed E-state index contributed by atoms with van der Waals surface area (Å²) in [4.78, 5) is 30.7. The van der Waals surface area contributed by atoms with Crippen LogP contribution in [0.5, 0.6) is 5.75 Å². The van der Waals surface area contributed by atoms with Gasteiger partial charge in [-0.25, -0.2) is 13.6 Å². The molecule has 3 heterocycles. The van der Waals surface area contributed by atoms with Crippen LogP contribution in [0.3, 0.4) is 0 Å². The lowest BCUT2D eigenvalue weighted by molar-refractivity contribution is -0.127. The topological polar surface area (TPSA) is 133 Å². The molecule has 0 aliphatic heterocycles. The van der Waals surface area contributed by atoms with E-state index >= 15 is 0 Å². The van der Waals surface area contributed by atoms with E-state index in [9.17, 15) is 18.0 Å². The standard InChI is InChI=1S/C28H22N4O5S/c1-16(27(33)31-15-17-6-9-19(10-7-17)38(29,35)36)37-18-8-11-24-23(14-18)21-12-13-30-25-20-4-2-3-5-22(20)28(34)32(24)26(21)25/h2-14,16H,15H2,1H3,(H,31,33)(H2,29,35,36)/t16-/m1/s1. The molecule has 0 aliphatic carbocycles. The van der Waals surface area contributed by atoms with Crippen LogP contribution in [0.2, 0.25) is 0 Å². The molecular weight excluding hydrogens is 504 g/mol. The SMILES string of the molecule is C[C@@H](Oc1ccc2c(c1)c1ccnc3c4ccccc4c(=O)n2c13)C(=O)NCc1ccc(S(N)(=O)=O)cc1. The molecule has 38 heavy (non-hydrogen) atoms. The fraction of sp³-hybridized carbons (Fsp3) is 0.107. The zero-order valence-electron chi connectivity index (χ0n) is 20.2. The van der Waals surface area contributed by atoms with E-state index in [1.807, 2.05) is 36.4 Å². The highest BCUT2D eigenvalue weighted by molar-refractivity contribution is 7.89. The van der Waals surface area contributed by atoms with E-state index in [1.54, 1.807) is 41.8 Å². The summed E-state index contributed by atoms with van der Waals surface area (Å²) in [5.74, 6) is 0.150. The number of nitrogens with one attached hydrogen (secondary N) is 1. The van der Waals surface area contributed by atoms with Crippen molar-refractivity contribution in [2.24, 2.45) is 5.14 Å². The third-order valence-electron chi connectivity index (χ3n) is 6.66. The number of carbonyl (C=O) groups is 1. The summed E-state index contributed by atoms with van der Waals surface area (Å²) in [6.45, 7) is 1.84. The number of pyridine rings is 2. The van der Waals surface area contributed by atoms with Crippen LogP contribution in [0.1, 0.15) is 12.5 Å². The third-order valence-corrected chi connectivity index (χ3v) is 7.59. The lowest BCUT2D eigenvalue weighted by Gasteiger charge is -2.15. The Morgan fingerprint density at radius 2 is 1.74 bits per heavy atom. The zero-order valence-corrected chi connectivity index (χ0v) is 21.0. The van der Waals surface area contributed by atoms with Gasteiger partial charge in [0.25, 0.3) is 11.5 Å². The molecule has 0 saturated carbocycles. The van der Waals surface area contributed by atoms with Crippen molar-refractivity contribution in [1.29, 1.82) is 0 Å². The predicted molar refractivity (Wildman–Crippen MR) is 145 cm³/mol. The van der Waals surface area contributed by atoms with E-state index in [0.29, 0.717) is 16.7 Å². The summed E-state index contributed by atoms with van der Waals surface area (Å²) in [6.07, 6.45) is 0.927. The molecule has 6 aromatic rings. The highest BCUT2D eigenvalue weighted by Gasteiger charge is 2.20. The van der Waals surface area contributed by atoms with Crippen LogP contribution >= 0.6 is 0 Å². The fourth-order valence-corrected chi connectivity index (χ4v) is 5.32. The Labute approximate surface area is 216 Å². The second kappa shape index (κ2) is 8.79. The average molecular weight is 527 g/mol. The first kappa shape index (κ1) is 23.8. The molecule has 3 aromatic heterocycles. The van der Waals surface area contributed by atoms with Gasteiger partial charge in [0, 0.05) is 34.3 Å². The van der Waals surface area contributed by atoms with Crippen LogP contribution < -0.4 is 20.8 Å². The Morgan fingerprint density at radius 1 is 1.00 bits per heavy atom. The molecule has 1 amide bonds. The number of nitrogens with zero attached hydrogens (tertiary/aromatic N) is 2. The second-order valence-electron chi connectivity index (χ2n) is 9.09. The number of amides is 1. The van der Waals surface area contributed by atoms with Gasteiger partial charge in [0.05, 0.1) is 21.4 Å². The van der Waals surface area contributed by atoms with Crippen molar-refractivity contribution < 1.29 is 17.9 Å². The van der Waals surface area contributed by atoms with E-state index in [0.717, 1.165) is 32.7 Å². The maximum absolute atomic E-state index is 13.4. The van der Waals surface area contributed by atoms with Gasteiger partial charge >= 0.3 is 0 Å². The molecule has 10 heteroatoms. The lowest BCUT2D eigenvalue weighted by atomic mass is 10.1. The number of ether oxygens (including phenoxy) is 1. The molecule has 0 fully saturated rings. The predicted octanol–water partition coefficient (Wildman–Crippen LogP) is 3.32. The van der Waals surface area contributed by atoms with Crippen LogP contribution in [0.4, 0.5) is 0 Å². The number of hydrogen-bond acceptors (Lipinski definition) is 6. The molecule has 6 rings (SSSR count). The normalized spacial score (nSPS) is 12.9. The Bertz CT molecular complexity index is 2040. The molecule has 3 N–H and O–H groups in total. The Morgan fingerprint density at radius 3 is 2.47 bits per heavy atom. The molecule has 0 spiro atoms. The van der Waals surface area contributed by atoms with Gasteiger partial charge < -0.3 is 10.1 Å². The quantitative estimate of drug-likeness (QED) is 0.320. The molecule has 0 unspecified atom stereocenters. The van der Waals surface area contributed by atoms with Crippen molar-refractivity contribution in [3.8, 4) is 5.75 Å². The highest BCUT2D eigenvalue weighted by Crippen LogP contribution is 2.34. The minimum Gasteiger partial charge on any atom is -0.481 e. The number of primary sulfonamides is 1.